The molecular formula is C16H18O2. The van der Waals surface area contributed by atoms with Gasteiger partial charge in [0.1, 0.15) is 6.10 Å². The van der Waals surface area contributed by atoms with Crippen LogP contribution in [0.1, 0.15) is 31.2 Å². The summed E-state index contributed by atoms with van der Waals surface area (Å²) in [6, 6.07) is 6.31. The molecule has 94 valence electrons. The zero-order valence-electron chi connectivity index (χ0n) is 10.8. The lowest BCUT2D eigenvalue weighted by molar-refractivity contribution is 0.168. The van der Waals surface area contributed by atoms with E-state index >= 15 is 0 Å². The minimum atomic E-state index is 0.362. The van der Waals surface area contributed by atoms with Gasteiger partial charge in [-0.3, -0.25) is 0 Å². The molecule has 18 heavy (non-hydrogen) atoms. The van der Waals surface area contributed by atoms with Crippen molar-refractivity contribution >= 4 is 0 Å². The molecule has 4 atom stereocenters. The number of para-hydroxylation sites is 1. The summed E-state index contributed by atoms with van der Waals surface area (Å²) >= 11 is 0. The molecule has 4 rings (SSSR count). The average Bonchev–Trinajstić information content (AvgIpc) is 3.06. The Labute approximate surface area is 108 Å². The Kier molecular flexibility index (Phi) is 2.06. The smallest absolute Gasteiger partial charge is 0.165 e. The van der Waals surface area contributed by atoms with Crippen LogP contribution in [0.3, 0.4) is 0 Å². The number of rotatable bonds is 1. The fourth-order valence-electron chi connectivity index (χ4n) is 4.29. The summed E-state index contributed by atoms with van der Waals surface area (Å²) in [6.07, 6.45) is 5.24. The molecule has 1 aromatic carbocycles. The van der Waals surface area contributed by atoms with E-state index in [0.29, 0.717) is 17.9 Å². The van der Waals surface area contributed by atoms with Crippen molar-refractivity contribution < 1.29 is 9.47 Å². The van der Waals surface area contributed by atoms with Crippen LogP contribution in [0.2, 0.25) is 0 Å². The fourth-order valence-corrected chi connectivity index (χ4v) is 4.29. The monoisotopic (exact) mass is 242 g/mol. The van der Waals surface area contributed by atoms with Crippen molar-refractivity contribution in [1.82, 2.24) is 0 Å². The third kappa shape index (κ3) is 1.14. The van der Waals surface area contributed by atoms with Crippen LogP contribution in [0.5, 0.6) is 11.5 Å². The van der Waals surface area contributed by atoms with Gasteiger partial charge in [-0.15, -0.1) is 0 Å². The lowest BCUT2D eigenvalue weighted by Crippen LogP contribution is -2.27. The predicted octanol–water partition coefficient (Wildman–Crippen LogP) is 3.53. The van der Waals surface area contributed by atoms with Crippen molar-refractivity contribution in [2.75, 3.05) is 7.11 Å². The summed E-state index contributed by atoms with van der Waals surface area (Å²) in [5.74, 6) is 3.91. The number of hydrogen-bond donors (Lipinski definition) is 0. The summed E-state index contributed by atoms with van der Waals surface area (Å²) < 4.78 is 11.7. The Morgan fingerprint density at radius 3 is 3.06 bits per heavy atom. The Hall–Kier alpha value is -1.44. The molecule has 0 radical (unpaired) electrons. The molecule has 2 fully saturated rings. The third-order valence-corrected chi connectivity index (χ3v) is 5.00. The first-order chi connectivity index (χ1) is 8.83. The molecular weight excluding hydrogens is 224 g/mol. The van der Waals surface area contributed by atoms with Crippen LogP contribution in [0.25, 0.3) is 0 Å². The Balaban J connectivity index is 1.79. The molecule has 1 aliphatic heterocycles. The van der Waals surface area contributed by atoms with Gasteiger partial charge in [0, 0.05) is 17.4 Å². The van der Waals surface area contributed by atoms with Crippen LogP contribution in [0.4, 0.5) is 0 Å². The van der Waals surface area contributed by atoms with E-state index in [1.807, 2.05) is 6.07 Å². The largest absolute Gasteiger partial charge is 0.493 e. The van der Waals surface area contributed by atoms with E-state index in [1.165, 1.54) is 18.4 Å². The second-order valence-electron chi connectivity index (χ2n) is 5.66. The van der Waals surface area contributed by atoms with Gasteiger partial charge in [0.05, 0.1) is 7.11 Å². The van der Waals surface area contributed by atoms with Gasteiger partial charge < -0.3 is 9.47 Å². The molecule has 4 unspecified atom stereocenters. The third-order valence-electron chi connectivity index (χ3n) is 5.00. The molecule has 0 N–H and O–H groups in total. The molecule has 0 amide bonds. The molecule has 0 spiro atoms. The highest BCUT2D eigenvalue weighted by Gasteiger charge is 2.55. The standard InChI is InChI=1S/C16H18O2/c1-3-9-7-10-8-12(9)16-14(10)11-5-4-6-13(17-2)15(11)18-16/h3-6,10,12,14,16H,7-8H2,1-2H3. The number of hydrogen-bond acceptors (Lipinski definition) is 2. The molecule has 2 bridgehead atoms. The molecule has 2 aliphatic carbocycles. The van der Waals surface area contributed by atoms with Gasteiger partial charge in [-0.1, -0.05) is 23.8 Å². The van der Waals surface area contributed by atoms with E-state index in [1.54, 1.807) is 12.7 Å². The van der Waals surface area contributed by atoms with E-state index in [9.17, 15) is 0 Å². The molecule has 3 aliphatic rings. The van der Waals surface area contributed by atoms with E-state index in [0.717, 1.165) is 17.4 Å². The molecule has 0 saturated heterocycles. The summed E-state index contributed by atoms with van der Waals surface area (Å²) in [5, 5.41) is 0. The van der Waals surface area contributed by atoms with Crippen molar-refractivity contribution in [3.63, 3.8) is 0 Å². The van der Waals surface area contributed by atoms with Gasteiger partial charge in [-0.25, -0.2) is 0 Å². The lowest BCUT2D eigenvalue weighted by atomic mass is 9.80. The van der Waals surface area contributed by atoms with Crippen LogP contribution in [0, 0.1) is 11.8 Å². The van der Waals surface area contributed by atoms with Crippen LogP contribution >= 0.6 is 0 Å². The molecule has 1 aromatic rings. The Morgan fingerprint density at radius 1 is 1.39 bits per heavy atom. The second-order valence-corrected chi connectivity index (χ2v) is 5.66. The van der Waals surface area contributed by atoms with Crippen LogP contribution in [-0.2, 0) is 0 Å². The zero-order chi connectivity index (χ0) is 12.3. The van der Waals surface area contributed by atoms with Gasteiger partial charge in [-0.05, 0) is 31.7 Å². The topological polar surface area (TPSA) is 18.5 Å². The number of ether oxygens (including phenoxy) is 2. The van der Waals surface area contributed by atoms with Crippen molar-refractivity contribution in [2.45, 2.75) is 31.8 Å². The number of fused-ring (bicyclic) bond motifs is 7. The van der Waals surface area contributed by atoms with Gasteiger partial charge in [-0.2, -0.15) is 0 Å². The SMILES string of the molecule is CC=C1CC2CC1C1Oc3c(OC)cccc3C21. The maximum atomic E-state index is 6.25. The van der Waals surface area contributed by atoms with E-state index in [2.05, 4.69) is 25.1 Å². The number of methoxy groups -OCH3 is 1. The molecule has 1 heterocycles. The summed E-state index contributed by atoms with van der Waals surface area (Å²) in [6.45, 7) is 2.16. The highest BCUT2D eigenvalue weighted by molar-refractivity contribution is 5.54. The van der Waals surface area contributed by atoms with Crippen molar-refractivity contribution in [2.24, 2.45) is 11.8 Å². The maximum absolute atomic E-state index is 6.25. The number of allylic oxidation sites excluding steroid dienone is 1. The lowest BCUT2D eigenvalue weighted by Gasteiger charge is -2.25. The molecule has 2 saturated carbocycles. The van der Waals surface area contributed by atoms with Gasteiger partial charge in [0.15, 0.2) is 11.5 Å². The normalized spacial score (nSPS) is 37.6. The van der Waals surface area contributed by atoms with E-state index in [-0.39, 0.29) is 0 Å². The first-order valence-corrected chi connectivity index (χ1v) is 6.82. The van der Waals surface area contributed by atoms with Gasteiger partial charge in [0.2, 0.25) is 0 Å². The molecule has 2 heteroatoms. The van der Waals surface area contributed by atoms with Crippen LogP contribution < -0.4 is 9.47 Å². The summed E-state index contributed by atoms with van der Waals surface area (Å²) in [7, 11) is 1.72. The predicted molar refractivity (Wildman–Crippen MR) is 70.1 cm³/mol. The Bertz CT molecular complexity index is 532. The van der Waals surface area contributed by atoms with Gasteiger partial charge >= 0.3 is 0 Å². The van der Waals surface area contributed by atoms with E-state index < -0.39 is 0 Å². The highest BCUT2D eigenvalue weighted by Crippen LogP contribution is 2.62. The first-order valence-electron chi connectivity index (χ1n) is 6.82. The second kappa shape index (κ2) is 3.53. The molecule has 0 aromatic heterocycles. The van der Waals surface area contributed by atoms with Crippen molar-refractivity contribution in [1.29, 1.82) is 0 Å². The quantitative estimate of drug-likeness (QED) is 0.701. The van der Waals surface area contributed by atoms with Crippen LogP contribution in [0.15, 0.2) is 29.8 Å². The van der Waals surface area contributed by atoms with Gasteiger partial charge in [0.25, 0.3) is 0 Å². The van der Waals surface area contributed by atoms with Crippen molar-refractivity contribution in [3.05, 3.63) is 35.4 Å². The molecule has 2 nitrogen and oxygen atoms in total. The Morgan fingerprint density at radius 2 is 2.28 bits per heavy atom. The zero-order valence-corrected chi connectivity index (χ0v) is 10.8. The number of benzene rings is 1. The highest BCUT2D eigenvalue weighted by atomic mass is 16.5. The minimum Gasteiger partial charge on any atom is -0.493 e. The average molecular weight is 242 g/mol. The minimum absolute atomic E-state index is 0.362. The fraction of sp³-hybridized carbons (Fsp3) is 0.500. The van der Waals surface area contributed by atoms with Crippen LogP contribution in [-0.4, -0.2) is 13.2 Å². The van der Waals surface area contributed by atoms with Crippen molar-refractivity contribution in [3.8, 4) is 11.5 Å². The first kappa shape index (κ1) is 10.5. The summed E-state index contributed by atoms with van der Waals surface area (Å²) in [4.78, 5) is 0. The summed E-state index contributed by atoms with van der Waals surface area (Å²) in [5.41, 5.74) is 2.98. The maximum Gasteiger partial charge on any atom is 0.165 e. The van der Waals surface area contributed by atoms with E-state index in [4.69, 9.17) is 9.47 Å².